The lowest BCUT2D eigenvalue weighted by molar-refractivity contribution is 0.584. The molecule has 1 atom stereocenters. The number of nitrogens with two attached hydrogens (primary N) is 1. The van der Waals surface area contributed by atoms with Crippen molar-refractivity contribution < 1.29 is 0 Å². The van der Waals surface area contributed by atoms with Crippen LogP contribution >= 0.6 is 0 Å². The number of nitrogens with one attached hydrogen (secondary N) is 1. The van der Waals surface area contributed by atoms with Crippen LogP contribution in [0.25, 0.3) is 0 Å². The quantitative estimate of drug-likeness (QED) is 0.641. The van der Waals surface area contributed by atoms with Gasteiger partial charge in [0.1, 0.15) is 0 Å². The topological polar surface area (TPSA) is 58.9 Å². The van der Waals surface area contributed by atoms with Gasteiger partial charge in [0.15, 0.2) is 0 Å². The van der Waals surface area contributed by atoms with Gasteiger partial charge in [0.25, 0.3) is 0 Å². The van der Waals surface area contributed by atoms with Gasteiger partial charge in [-0.05, 0) is 17.9 Å². The molecule has 1 unspecified atom stereocenters. The summed E-state index contributed by atoms with van der Waals surface area (Å²) in [5.74, 6) is 6.04. The van der Waals surface area contributed by atoms with Crippen molar-refractivity contribution in [2.75, 3.05) is 0 Å². The third-order valence-corrected chi connectivity index (χ3v) is 1.86. The van der Waals surface area contributed by atoms with Crippen molar-refractivity contribution in [3.8, 4) is 11.8 Å². The van der Waals surface area contributed by atoms with Gasteiger partial charge in [-0.2, -0.15) is 0 Å². The van der Waals surface area contributed by atoms with E-state index in [1.54, 1.807) is 12.1 Å². The fourth-order valence-electron chi connectivity index (χ4n) is 0.848. The minimum atomic E-state index is -0.154. The van der Waals surface area contributed by atoms with Gasteiger partial charge in [-0.15, -0.1) is 0 Å². The van der Waals surface area contributed by atoms with Crippen LogP contribution in [0.15, 0.2) is 23.0 Å². The van der Waals surface area contributed by atoms with Crippen LogP contribution in [0.2, 0.25) is 0 Å². The number of H-pyrrole nitrogens is 1. The maximum atomic E-state index is 10.9. The Labute approximate surface area is 83.3 Å². The van der Waals surface area contributed by atoms with Gasteiger partial charge >= 0.3 is 0 Å². The zero-order valence-corrected chi connectivity index (χ0v) is 8.37. The molecule has 1 aromatic heterocycles. The predicted octanol–water partition coefficient (Wildman–Crippen LogP) is 0.710. The molecule has 3 heteroatoms. The molecule has 0 saturated carbocycles. The first kappa shape index (κ1) is 10.6. The highest BCUT2D eigenvalue weighted by Crippen LogP contribution is 1.96. The molecule has 3 nitrogen and oxygen atoms in total. The average Bonchev–Trinajstić information content (AvgIpc) is 2.14. The van der Waals surface area contributed by atoms with Crippen molar-refractivity contribution in [3.05, 3.63) is 34.2 Å². The monoisotopic (exact) mass is 190 g/mol. The Morgan fingerprint density at radius 3 is 2.71 bits per heavy atom. The van der Waals surface area contributed by atoms with Crippen LogP contribution in [-0.2, 0) is 0 Å². The summed E-state index contributed by atoms with van der Waals surface area (Å²) in [5, 5.41) is 0. The fourth-order valence-corrected chi connectivity index (χ4v) is 0.848. The molecule has 0 radical (unpaired) electrons. The van der Waals surface area contributed by atoms with E-state index < -0.39 is 0 Å². The van der Waals surface area contributed by atoms with E-state index in [9.17, 15) is 4.79 Å². The van der Waals surface area contributed by atoms with Crippen molar-refractivity contribution in [1.82, 2.24) is 4.98 Å². The number of aromatic nitrogens is 1. The number of hydrogen-bond acceptors (Lipinski definition) is 2. The summed E-state index contributed by atoms with van der Waals surface area (Å²) < 4.78 is 0. The van der Waals surface area contributed by atoms with E-state index in [1.165, 1.54) is 6.07 Å². The van der Waals surface area contributed by atoms with Crippen molar-refractivity contribution in [3.63, 3.8) is 0 Å². The van der Waals surface area contributed by atoms with Crippen molar-refractivity contribution in [2.45, 2.75) is 19.9 Å². The van der Waals surface area contributed by atoms with Gasteiger partial charge in [0.2, 0.25) is 5.56 Å². The highest BCUT2D eigenvalue weighted by molar-refractivity contribution is 5.28. The molecule has 0 saturated heterocycles. The summed E-state index contributed by atoms with van der Waals surface area (Å²) in [6.45, 7) is 4.01. The highest BCUT2D eigenvalue weighted by atomic mass is 16.1. The van der Waals surface area contributed by atoms with E-state index in [-0.39, 0.29) is 11.6 Å². The molecule has 0 fully saturated rings. The molecular weight excluding hydrogens is 176 g/mol. The molecule has 0 aromatic carbocycles. The van der Waals surface area contributed by atoms with Crippen molar-refractivity contribution in [2.24, 2.45) is 11.7 Å². The van der Waals surface area contributed by atoms with E-state index in [0.717, 1.165) is 0 Å². The first-order valence-corrected chi connectivity index (χ1v) is 4.56. The second kappa shape index (κ2) is 4.64. The largest absolute Gasteiger partial charge is 0.317 e. The first-order chi connectivity index (χ1) is 6.59. The Kier molecular flexibility index (Phi) is 3.49. The van der Waals surface area contributed by atoms with Gasteiger partial charge in [0, 0.05) is 6.07 Å². The fraction of sp³-hybridized carbons (Fsp3) is 0.364. The first-order valence-electron chi connectivity index (χ1n) is 4.56. The minimum Gasteiger partial charge on any atom is -0.317 e. The van der Waals surface area contributed by atoms with E-state index in [0.29, 0.717) is 11.6 Å². The molecular formula is C11H14N2O. The Bertz CT molecular complexity index is 409. The third-order valence-electron chi connectivity index (χ3n) is 1.86. The third kappa shape index (κ3) is 3.08. The summed E-state index contributed by atoms with van der Waals surface area (Å²) in [4.78, 5) is 13.5. The number of pyridine rings is 1. The Balaban J connectivity index is 2.82. The van der Waals surface area contributed by atoms with E-state index >= 15 is 0 Å². The minimum absolute atomic E-state index is 0.144. The molecule has 1 heterocycles. The smallest absolute Gasteiger partial charge is 0.248 e. The SMILES string of the molecule is CC(C)C(N)C#Cc1cccc(=O)[nH]1. The van der Waals surface area contributed by atoms with Crippen LogP contribution in [0.4, 0.5) is 0 Å². The number of aromatic amines is 1. The second-order valence-corrected chi connectivity index (χ2v) is 3.47. The molecule has 0 aliphatic carbocycles. The molecule has 1 rings (SSSR count). The second-order valence-electron chi connectivity index (χ2n) is 3.47. The molecule has 0 bridgehead atoms. The lowest BCUT2D eigenvalue weighted by atomic mass is 10.1. The molecule has 0 aliphatic rings. The number of rotatable bonds is 1. The molecule has 0 aliphatic heterocycles. The average molecular weight is 190 g/mol. The summed E-state index contributed by atoms with van der Waals surface area (Å²) in [6, 6.07) is 4.72. The van der Waals surface area contributed by atoms with Gasteiger partial charge in [-0.25, -0.2) is 0 Å². The highest BCUT2D eigenvalue weighted by Gasteiger charge is 2.01. The Morgan fingerprint density at radius 1 is 1.43 bits per heavy atom. The lowest BCUT2D eigenvalue weighted by Crippen LogP contribution is -2.24. The maximum Gasteiger partial charge on any atom is 0.248 e. The molecule has 74 valence electrons. The standard InChI is InChI=1S/C11H14N2O/c1-8(2)10(12)7-6-9-4-3-5-11(14)13-9/h3-5,8,10H,12H2,1-2H3,(H,13,14). The van der Waals surface area contributed by atoms with Gasteiger partial charge in [0.05, 0.1) is 11.7 Å². The van der Waals surface area contributed by atoms with Crippen LogP contribution in [0.5, 0.6) is 0 Å². The zero-order chi connectivity index (χ0) is 10.6. The molecule has 0 spiro atoms. The van der Waals surface area contributed by atoms with Crippen LogP contribution in [0.1, 0.15) is 19.5 Å². The van der Waals surface area contributed by atoms with Gasteiger partial charge in [-0.1, -0.05) is 25.8 Å². The Morgan fingerprint density at radius 2 is 2.14 bits per heavy atom. The summed E-state index contributed by atoms with van der Waals surface area (Å²) in [5.41, 5.74) is 6.20. The van der Waals surface area contributed by atoms with Crippen LogP contribution in [0.3, 0.4) is 0 Å². The van der Waals surface area contributed by atoms with Crippen molar-refractivity contribution >= 4 is 0 Å². The predicted molar refractivity (Wildman–Crippen MR) is 56.8 cm³/mol. The normalized spacial score (nSPS) is 12.0. The molecule has 3 N–H and O–H groups in total. The van der Waals surface area contributed by atoms with Crippen LogP contribution in [-0.4, -0.2) is 11.0 Å². The number of hydrogen-bond donors (Lipinski definition) is 2. The summed E-state index contributed by atoms with van der Waals surface area (Å²) in [7, 11) is 0. The van der Waals surface area contributed by atoms with E-state index in [1.807, 2.05) is 13.8 Å². The molecule has 0 amide bonds. The van der Waals surface area contributed by atoms with Gasteiger partial charge in [-0.3, -0.25) is 4.79 Å². The summed E-state index contributed by atoms with van der Waals surface area (Å²) >= 11 is 0. The Hall–Kier alpha value is -1.53. The summed E-state index contributed by atoms with van der Waals surface area (Å²) in [6.07, 6.45) is 0. The maximum absolute atomic E-state index is 10.9. The lowest BCUT2D eigenvalue weighted by Gasteiger charge is -2.06. The van der Waals surface area contributed by atoms with Crippen LogP contribution < -0.4 is 11.3 Å². The van der Waals surface area contributed by atoms with Gasteiger partial charge < -0.3 is 10.7 Å². The molecule has 14 heavy (non-hydrogen) atoms. The zero-order valence-electron chi connectivity index (χ0n) is 8.37. The van der Waals surface area contributed by atoms with Crippen molar-refractivity contribution in [1.29, 1.82) is 0 Å². The molecule has 1 aromatic rings. The van der Waals surface area contributed by atoms with E-state index in [2.05, 4.69) is 16.8 Å². The van der Waals surface area contributed by atoms with Crippen LogP contribution in [0, 0.1) is 17.8 Å². The van der Waals surface area contributed by atoms with E-state index in [4.69, 9.17) is 5.73 Å².